The van der Waals surface area contributed by atoms with Gasteiger partial charge in [-0.25, -0.2) is 0 Å². The Morgan fingerprint density at radius 2 is 2.25 bits per heavy atom. The van der Waals surface area contributed by atoms with Crippen LogP contribution in [0.2, 0.25) is 0 Å². The molecule has 1 heterocycles. The summed E-state index contributed by atoms with van der Waals surface area (Å²) in [5.74, 6) is -0.00111. The van der Waals surface area contributed by atoms with Crippen LogP contribution < -0.4 is 0 Å². The first-order valence-corrected chi connectivity index (χ1v) is 6.43. The summed E-state index contributed by atoms with van der Waals surface area (Å²) < 4.78 is 3.47. The third-order valence-corrected chi connectivity index (χ3v) is 3.57. The van der Waals surface area contributed by atoms with Gasteiger partial charge in [0.25, 0.3) is 0 Å². The van der Waals surface area contributed by atoms with E-state index in [1.54, 1.807) is 24.1 Å². The number of hydrogen-bond donors (Lipinski definition) is 0. The molecule has 0 saturated heterocycles. The zero-order chi connectivity index (χ0) is 11.7. The van der Waals surface area contributed by atoms with Gasteiger partial charge in [-0.15, -0.1) is 0 Å². The second-order valence-corrected chi connectivity index (χ2v) is 5.43. The number of rotatable bonds is 2. The quantitative estimate of drug-likeness (QED) is 0.583. The molecule has 16 heavy (non-hydrogen) atoms. The standard InChI is InChI=1S/C11H8BrIN2O/c1-15-6-7(5-14-15)11(16)9-4-8(12)2-3-10(9)13/h2-6H,1H3. The Hall–Kier alpha value is -0.690. The molecule has 2 aromatic rings. The van der Waals surface area contributed by atoms with Crippen LogP contribution in [0.3, 0.4) is 0 Å². The summed E-state index contributed by atoms with van der Waals surface area (Å²) in [7, 11) is 1.79. The molecule has 0 fully saturated rings. The number of hydrogen-bond acceptors (Lipinski definition) is 2. The molecule has 0 aliphatic carbocycles. The molecule has 0 bridgehead atoms. The summed E-state index contributed by atoms with van der Waals surface area (Å²) in [5, 5.41) is 4.00. The first-order valence-electron chi connectivity index (χ1n) is 4.56. The van der Waals surface area contributed by atoms with Crippen molar-refractivity contribution < 1.29 is 4.79 Å². The van der Waals surface area contributed by atoms with Crippen LogP contribution in [0.5, 0.6) is 0 Å². The van der Waals surface area contributed by atoms with E-state index >= 15 is 0 Å². The predicted molar refractivity (Wildman–Crippen MR) is 73.5 cm³/mol. The van der Waals surface area contributed by atoms with Gasteiger partial charge in [0, 0.05) is 26.9 Å². The zero-order valence-electron chi connectivity index (χ0n) is 8.45. The summed E-state index contributed by atoms with van der Waals surface area (Å²) in [6.07, 6.45) is 3.30. The van der Waals surface area contributed by atoms with Gasteiger partial charge in [0.05, 0.1) is 11.8 Å². The summed E-state index contributed by atoms with van der Waals surface area (Å²) >= 11 is 5.52. The van der Waals surface area contributed by atoms with Crippen LogP contribution in [0.1, 0.15) is 15.9 Å². The van der Waals surface area contributed by atoms with E-state index in [9.17, 15) is 4.79 Å². The maximum Gasteiger partial charge on any atom is 0.197 e. The first-order chi connectivity index (χ1) is 7.58. The maximum atomic E-state index is 12.2. The van der Waals surface area contributed by atoms with Gasteiger partial charge in [-0.3, -0.25) is 9.48 Å². The summed E-state index contributed by atoms with van der Waals surface area (Å²) in [6.45, 7) is 0. The minimum atomic E-state index is -0.00111. The molecular weight excluding hydrogens is 383 g/mol. The van der Waals surface area contributed by atoms with Crippen LogP contribution >= 0.6 is 38.5 Å². The lowest BCUT2D eigenvalue weighted by Gasteiger charge is -2.02. The van der Waals surface area contributed by atoms with E-state index in [-0.39, 0.29) is 5.78 Å². The Bertz CT molecular complexity index is 551. The van der Waals surface area contributed by atoms with E-state index < -0.39 is 0 Å². The van der Waals surface area contributed by atoms with E-state index in [1.807, 2.05) is 18.2 Å². The third-order valence-electron chi connectivity index (χ3n) is 2.14. The van der Waals surface area contributed by atoms with Gasteiger partial charge in [0.15, 0.2) is 5.78 Å². The molecule has 0 saturated carbocycles. The Kier molecular flexibility index (Phi) is 3.44. The van der Waals surface area contributed by atoms with Crippen molar-refractivity contribution in [3.05, 3.63) is 49.8 Å². The normalized spacial score (nSPS) is 10.4. The van der Waals surface area contributed by atoms with Crippen molar-refractivity contribution >= 4 is 44.3 Å². The Labute approximate surface area is 115 Å². The van der Waals surface area contributed by atoms with Crippen LogP contribution in [0.15, 0.2) is 35.1 Å². The van der Waals surface area contributed by atoms with Crippen molar-refractivity contribution in [2.24, 2.45) is 7.05 Å². The average Bonchev–Trinajstić information content (AvgIpc) is 2.67. The fraction of sp³-hybridized carbons (Fsp3) is 0.0909. The van der Waals surface area contributed by atoms with Gasteiger partial charge >= 0.3 is 0 Å². The molecule has 2 rings (SSSR count). The number of halogens is 2. The maximum absolute atomic E-state index is 12.2. The minimum Gasteiger partial charge on any atom is -0.288 e. The van der Waals surface area contributed by atoms with E-state index in [0.717, 1.165) is 8.04 Å². The first kappa shape index (κ1) is 11.8. The molecule has 0 amide bonds. The molecule has 1 aromatic carbocycles. The number of nitrogens with zero attached hydrogens (tertiary/aromatic N) is 2. The molecule has 3 nitrogen and oxygen atoms in total. The molecule has 82 valence electrons. The number of carbonyl (C=O) groups is 1. The monoisotopic (exact) mass is 390 g/mol. The largest absolute Gasteiger partial charge is 0.288 e. The topological polar surface area (TPSA) is 34.9 Å². The molecule has 0 aliphatic heterocycles. The van der Waals surface area contributed by atoms with Crippen molar-refractivity contribution in [1.29, 1.82) is 0 Å². The molecule has 0 spiro atoms. The Morgan fingerprint density at radius 1 is 1.50 bits per heavy atom. The average molecular weight is 391 g/mol. The van der Waals surface area contributed by atoms with Gasteiger partial charge in [-0.05, 0) is 40.8 Å². The van der Waals surface area contributed by atoms with E-state index in [1.165, 1.54) is 0 Å². The van der Waals surface area contributed by atoms with Crippen molar-refractivity contribution in [3.63, 3.8) is 0 Å². The molecule has 0 unspecified atom stereocenters. The second-order valence-electron chi connectivity index (χ2n) is 3.36. The highest BCUT2D eigenvalue weighted by Gasteiger charge is 2.14. The van der Waals surface area contributed by atoms with Crippen LogP contribution in [-0.2, 0) is 7.05 Å². The Morgan fingerprint density at radius 3 is 2.88 bits per heavy atom. The van der Waals surface area contributed by atoms with Crippen LogP contribution in [0, 0.1) is 3.57 Å². The van der Waals surface area contributed by atoms with Gasteiger partial charge in [0.2, 0.25) is 0 Å². The van der Waals surface area contributed by atoms with Gasteiger partial charge in [-0.2, -0.15) is 5.10 Å². The van der Waals surface area contributed by atoms with Crippen molar-refractivity contribution in [2.75, 3.05) is 0 Å². The molecule has 0 aliphatic rings. The lowest BCUT2D eigenvalue weighted by molar-refractivity contribution is 0.103. The summed E-state index contributed by atoms with van der Waals surface area (Å²) in [5.41, 5.74) is 1.31. The molecular formula is C11H8BrIN2O. The SMILES string of the molecule is Cn1cc(C(=O)c2cc(Br)ccc2I)cn1. The zero-order valence-corrected chi connectivity index (χ0v) is 12.2. The van der Waals surface area contributed by atoms with E-state index in [2.05, 4.69) is 43.6 Å². The number of carbonyl (C=O) groups excluding carboxylic acids is 1. The fourth-order valence-electron chi connectivity index (χ4n) is 1.37. The van der Waals surface area contributed by atoms with Crippen LogP contribution in [-0.4, -0.2) is 15.6 Å². The van der Waals surface area contributed by atoms with Crippen LogP contribution in [0.4, 0.5) is 0 Å². The lowest BCUT2D eigenvalue weighted by Crippen LogP contribution is -2.02. The molecule has 1 aromatic heterocycles. The van der Waals surface area contributed by atoms with Gasteiger partial charge in [0.1, 0.15) is 0 Å². The molecule has 0 N–H and O–H groups in total. The van der Waals surface area contributed by atoms with Crippen molar-refractivity contribution in [1.82, 2.24) is 9.78 Å². The minimum absolute atomic E-state index is 0.00111. The highest BCUT2D eigenvalue weighted by molar-refractivity contribution is 14.1. The van der Waals surface area contributed by atoms with Gasteiger partial charge < -0.3 is 0 Å². The van der Waals surface area contributed by atoms with E-state index in [4.69, 9.17) is 0 Å². The summed E-state index contributed by atoms with van der Waals surface area (Å²) in [4.78, 5) is 12.2. The van der Waals surface area contributed by atoms with E-state index in [0.29, 0.717) is 11.1 Å². The predicted octanol–water partition coefficient (Wildman–Crippen LogP) is 3.02. The molecule has 0 atom stereocenters. The van der Waals surface area contributed by atoms with Crippen molar-refractivity contribution in [3.8, 4) is 0 Å². The fourth-order valence-corrected chi connectivity index (χ4v) is 2.31. The molecule has 0 radical (unpaired) electrons. The van der Waals surface area contributed by atoms with Gasteiger partial charge in [-0.1, -0.05) is 15.9 Å². The number of aromatic nitrogens is 2. The van der Waals surface area contributed by atoms with Crippen molar-refractivity contribution in [2.45, 2.75) is 0 Å². The highest BCUT2D eigenvalue weighted by atomic mass is 127. The number of benzene rings is 1. The highest BCUT2D eigenvalue weighted by Crippen LogP contribution is 2.21. The van der Waals surface area contributed by atoms with Crippen LogP contribution in [0.25, 0.3) is 0 Å². The second kappa shape index (κ2) is 4.67. The summed E-state index contributed by atoms with van der Waals surface area (Å²) in [6, 6.07) is 5.66. The number of ketones is 1. The third kappa shape index (κ3) is 2.35. The Balaban J connectivity index is 2.45. The smallest absolute Gasteiger partial charge is 0.197 e. The lowest BCUT2D eigenvalue weighted by atomic mass is 10.1. The number of aryl methyl sites for hydroxylation is 1. The molecule has 5 heteroatoms.